The number of benzene rings is 2. The van der Waals surface area contributed by atoms with E-state index < -0.39 is 0 Å². The van der Waals surface area contributed by atoms with E-state index >= 15 is 0 Å². The van der Waals surface area contributed by atoms with Gasteiger partial charge in [0.05, 0.1) is 17.1 Å². The van der Waals surface area contributed by atoms with Gasteiger partial charge in [0.25, 0.3) is 0 Å². The van der Waals surface area contributed by atoms with Gasteiger partial charge in [-0.05, 0) is 37.1 Å². The average molecular weight is 395 g/mol. The molecular weight excluding hydrogens is 371 g/mol. The summed E-state index contributed by atoms with van der Waals surface area (Å²) < 4.78 is 2.02. The summed E-state index contributed by atoms with van der Waals surface area (Å²) in [6.45, 7) is 1.95. The van der Waals surface area contributed by atoms with Gasteiger partial charge in [-0.3, -0.25) is 4.79 Å². The number of halogens is 2. The van der Waals surface area contributed by atoms with Crippen molar-refractivity contribution >= 4 is 47.4 Å². The molecule has 5 nitrogen and oxygen atoms in total. The highest BCUT2D eigenvalue weighted by Crippen LogP contribution is 2.19. The Morgan fingerprint density at radius 2 is 1.81 bits per heavy atom. The third-order valence-electron chi connectivity index (χ3n) is 4.26. The third kappa shape index (κ3) is 4.68. The van der Waals surface area contributed by atoms with Crippen molar-refractivity contribution in [2.45, 2.75) is 25.8 Å². The molecule has 3 aromatic rings. The summed E-state index contributed by atoms with van der Waals surface area (Å²) in [7, 11) is 1.97. The first kappa shape index (κ1) is 21.8. The summed E-state index contributed by atoms with van der Waals surface area (Å²) in [4.78, 5) is 16.9. The number of rotatable bonds is 5. The molecule has 3 N–H and O–H groups in total. The predicted molar refractivity (Wildman–Crippen MR) is 111 cm³/mol. The maximum atomic E-state index is 12.2. The molecule has 1 unspecified atom stereocenters. The van der Waals surface area contributed by atoms with Gasteiger partial charge in [0.2, 0.25) is 5.91 Å². The summed E-state index contributed by atoms with van der Waals surface area (Å²) in [6.07, 6.45) is 1.04. The van der Waals surface area contributed by atoms with Gasteiger partial charge in [0, 0.05) is 19.2 Å². The van der Waals surface area contributed by atoms with Crippen LogP contribution in [0.5, 0.6) is 0 Å². The van der Waals surface area contributed by atoms with Crippen LogP contribution in [-0.2, 0) is 18.3 Å². The number of aromatic nitrogens is 2. The lowest BCUT2D eigenvalue weighted by Crippen LogP contribution is -2.28. The van der Waals surface area contributed by atoms with E-state index in [-0.39, 0.29) is 36.8 Å². The van der Waals surface area contributed by atoms with Crippen LogP contribution in [0.3, 0.4) is 0 Å². The maximum Gasteiger partial charge on any atom is 0.220 e. The Labute approximate surface area is 165 Å². The molecule has 2 aromatic carbocycles. The van der Waals surface area contributed by atoms with Crippen molar-refractivity contribution in [3.8, 4) is 0 Å². The van der Waals surface area contributed by atoms with Gasteiger partial charge in [0.1, 0.15) is 5.82 Å². The van der Waals surface area contributed by atoms with Crippen molar-refractivity contribution in [1.29, 1.82) is 0 Å². The fourth-order valence-corrected chi connectivity index (χ4v) is 2.94. The van der Waals surface area contributed by atoms with Gasteiger partial charge in [0.15, 0.2) is 0 Å². The standard InChI is InChI=1S/C19H22N4O.2ClH/c1-13(19-22-16-9-5-6-10-17(16)23(19)2)21-18(24)12-11-14-7-3-4-8-15(14)20;;/h3-10,13H,11-12,20H2,1-2H3,(H,21,24);2*1H. The number of fused-ring (bicyclic) bond motifs is 1. The summed E-state index contributed by atoms with van der Waals surface area (Å²) in [6, 6.07) is 15.5. The van der Waals surface area contributed by atoms with E-state index in [4.69, 9.17) is 5.73 Å². The largest absolute Gasteiger partial charge is 0.399 e. The lowest BCUT2D eigenvalue weighted by molar-refractivity contribution is -0.121. The molecule has 7 heteroatoms. The Morgan fingerprint density at radius 1 is 1.15 bits per heavy atom. The Morgan fingerprint density at radius 3 is 2.50 bits per heavy atom. The smallest absolute Gasteiger partial charge is 0.220 e. The molecule has 1 heterocycles. The first-order valence-electron chi connectivity index (χ1n) is 8.10. The summed E-state index contributed by atoms with van der Waals surface area (Å²) in [5.41, 5.74) is 9.65. The minimum absolute atomic E-state index is 0. The Balaban J connectivity index is 0.00000169. The van der Waals surface area contributed by atoms with E-state index in [0.29, 0.717) is 12.8 Å². The topological polar surface area (TPSA) is 72.9 Å². The molecule has 0 saturated heterocycles. The van der Waals surface area contributed by atoms with Crippen LogP contribution in [0.1, 0.15) is 30.8 Å². The summed E-state index contributed by atoms with van der Waals surface area (Å²) in [5, 5.41) is 3.02. The van der Waals surface area contributed by atoms with Crippen LogP contribution >= 0.6 is 24.8 Å². The monoisotopic (exact) mass is 394 g/mol. The second-order valence-corrected chi connectivity index (χ2v) is 6.01. The molecule has 0 bridgehead atoms. The number of carbonyl (C=O) groups is 1. The molecule has 140 valence electrons. The van der Waals surface area contributed by atoms with E-state index in [0.717, 1.165) is 28.1 Å². The van der Waals surface area contributed by atoms with Gasteiger partial charge in [-0.1, -0.05) is 30.3 Å². The van der Waals surface area contributed by atoms with Crippen LogP contribution in [0.25, 0.3) is 11.0 Å². The van der Waals surface area contributed by atoms with Gasteiger partial charge in [-0.2, -0.15) is 0 Å². The van der Waals surface area contributed by atoms with Crippen LogP contribution in [0, 0.1) is 0 Å². The van der Waals surface area contributed by atoms with E-state index in [1.807, 2.05) is 67.1 Å². The number of nitrogens with one attached hydrogen (secondary N) is 1. The van der Waals surface area contributed by atoms with Crippen LogP contribution < -0.4 is 11.1 Å². The molecule has 1 atom stereocenters. The molecule has 0 aliphatic carbocycles. The van der Waals surface area contributed by atoms with Gasteiger partial charge >= 0.3 is 0 Å². The fraction of sp³-hybridized carbons (Fsp3) is 0.263. The molecular formula is C19H24Cl2N4O. The number of nitrogens with zero attached hydrogens (tertiary/aromatic N) is 2. The number of nitrogen functional groups attached to an aromatic ring is 1. The Hall–Kier alpha value is -2.24. The minimum Gasteiger partial charge on any atom is -0.399 e. The first-order valence-corrected chi connectivity index (χ1v) is 8.10. The number of amides is 1. The van der Waals surface area contributed by atoms with E-state index in [2.05, 4.69) is 10.3 Å². The number of anilines is 1. The minimum atomic E-state index is -0.150. The average Bonchev–Trinajstić information content (AvgIpc) is 2.92. The number of aryl methyl sites for hydroxylation is 2. The molecule has 1 aromatic heterocycles. The quantitative estimate of drug-likeness (QED) is 0.646. The van der Waals surface area contributed by atoms with Crippen molar-refractivity contribution in [2.24, 2.45) is 7.05 Å². The summed E-state index contributed by atoms with van der Waals surface area (Å²) in [5.74, 6) is 0.849. The van der Waals surface area contributed by atoms with Crippen LogP contribution in [-0.4, -0.2) is 15.5 Å². The SMILES string of the molecule is CC(NC(=O)CCc1ccccc1N)c1nc2ccccc2n1C.Cl.Cl. The van der Waals surface area contributed by atoms with Crippen molar-refractivity contribution in [3.05, 3.63) is 59.9 Å². The highest BCUT2D eigenvalue weighted by atomic mass is 35.5. The van der Waals surface area contributed by atoms with Crippen molar-refractivity contribution in [1.82, 2.24) is 14.9 Å². The van der Waals surface area contributed by atoms with Gasteiger partial charge in [-0.25, -0.2) is 4.98 Å². The molecule has 26 heavy (non-hydrogen) atoms. The zero-order valence-corrected chi connectivity index (χ0v) is 16.4. The molecule has 0 saturated carbocycles. The number of para-hydroxylation sites is 3. The van der Waals surface area contributed by atoms with Crippen LogP contribution in [0.4, 0.5) is 5.69 Å². The van der Waals surface area contributed by atoms with Gasteiger partial charge in [-0.15, -0.1) is 24.8 Å². The number of nitrogens with two attached hydrogens (primary N) is 1. The highest BCUT2D eigenvalue weighted by molar-refractivity contribution is 5.85. The third-order valence-corrected chi connectivity index (χ3v) is 4.26. The molecule has 3 rings (SSSR count). The van der Waals surface area contributed by atoms with E-state index in [1.165, 1.54) is 0 Å². The lowest BCUT2D eigenvalue weighted by Gasteiger charge is -2.14. The molecule has 0 fully saturated rings. The number of hydrogen-bond acceptors (Lipinski definition) is 3. The van der Waals surface area contributed by atoms with Crippen molar-refractivity contribution < 1.29 is 4.79 Å². The van der Waals surface area contributed by atoms with Crippen LogP contribution in [0.15, 0.2) is 48.5 Å². The van der Waals surface area contributed by atoms with Crippen molar-refractivity contribution in [2.75, 3.05) is 5.73 Å². The Bertz CT molecular complexity index is 879. The van der Waals surface area contributed by atoms with Crippen molar-refractivity contribution in [3.63, 3.8) is 0 Å². The molecule has 0 aliphatic heterocycles. The predicted octanol–water partition coefficient (Wildman–Crippen LogP) is 3.81. The van der Waals surface area contributed by atoms with E-state index in [1.54, 1.807) is 0 Å². The second kappa shape index (κ2) is 9.46. The summed E-state index contributed by atoms with van der Waals surface area (Å²) >= 11 is 0. The molecule has 0 spiro atoms. The molecule has 1 amide bonds. The zero-order chi connectivity index (χ0) is 17.1. The van der Waals surface area contributed by atoms with E-state index in [9.17, 15) is 4.79 Å². The normalized spacial score (nSPS) is 11.3. The molecule has 0 aliphatic rings. The number of hydrogen-bond donors (Lipinski definition) is 2. The van der Waals surface area contributed by atoms with Gasteiger partial charge < -0.3 is 15.6 Å². The number of imidazole rings is 1. The van der Waals surface area contributed by atoms with Crippen LogP contribution in [0.2, 0.25) is 0 Å². The first-order chi connectivity index (χ1) is 11.6. The zero-order valence-electron chi connectivity index (χ0n) is 14.8. The Kier molecular flexibility index (Phi) is 7.93. The highest BCUT2D eigenvalue weighted by Gasteiger charge is 2.16. The molecule has 0 radical (unpaired) electrons. The second-order valence-electron chi connectivity index (χ2n) is 6.01. The lowest BCUT2D eigenvalue weighted by atomic mass is 10.1. The number of carbonyl (C=O) groups excluding carboxylic acids is 1. The maximum absolute atomic E-state index is 12.2. The fourth-order valence-electron chi connectivity index (χ4n) is 2.94.